The third-order valence-electron chi connectivity index (χ3n) is 4.95. The fourth-order valence-electron chi connectivity index (χ4n) is 2.77. The Morgan fingerprint density at radius 1 is 0.282 bits per heavy atom. The van der Waals surface area contributed by atoms with Crippen molar-refractivity contribution in [2.24, 2.45) is 0 Å². The van der Waals surface area contributed by atoms with Gasteiger partial charge in [0.1, 0.15) is 74.0 Å². The molecule has 10 N–H and O–H groups in total. The summed E-state index contributed by atoms with van der Waals surface area (Å²) in [5.74, 6) is -1.79. The van der Waals surface area contributed by atoms with Crippen LogP contribution in [0, 0.1) is 0 Å². The van der Waals surface area contributed by atoms with Gasteiger partial charge in [0.15, 0.2) is 0 Å². The minimum Gasteiger partial charge on any atom is -0.376 e. The van der Waals surface area contributed by atoms with Crippen molar-refractivity contribution in [3.8, 4) is 0 Å². The average Bonchev–Trinajstić information content (AvgIpc) is 2.96. The molecule has 0 amide bonds. The van der Waals surface area contributed by atoms with Crippen LogP contribution in [0.25, 0.3) is 0 Å². The highest BCUT2D eigenvalue weighted by Crippen LogP contribution is 2.22. The summed E-state index contributed by atoms with van der Waals surface area (Å²) in [7, 11) is 0. The van der Waals surface area contributed by atoms with Crippen LogP contribution in [0.2, 0.25) is 0 Å². The maximum Gasteiger partial charge on any atom is 0.235 e. The molecule has 2 aromatic rings. The Labute approximate surface area is 220 Å². The molecule has 0 unspecified atom stereocenters. The van der Waals surface area contributed by atoms with Crippen molar-refractivity contribution in [1.82, 2.24) is 29.9 Å². The molecule has 22 nitrogen and oxygen atoms in total. The summed E-state index contributed by atoms with van der Waals surface area (Å²) in [5, 5.41) is 96.3. The molecule has 2 heterocycles. The van der Waals surface area contributed by atoms with E-state index < -0.39 is 74.0 Å². The minimum atomic E-state index is -0.792. The van der Waals surface area contributed by atoms with E-state index in [0.29, 0.717) is 0 Å². The topological polar surface area (TPSA) is 299 Å². The molecular weight excluding hydrogens is 532 g/mol. The summed E-state index contributed by atoms with van der Waals surface area (Å²) in [6, 6.07) is 0. The predicted molar refractivity (Wildman–Crippen MR) is 130 cm³/mol. The van der Waals surface area contributed by atoms with Crippen LogP contribution in [0.15, 0.2) is 0 Å². The Bertz CT molecular complexity index is 859. The maximum absolute atomic E-state index is 10.1. The van der Waals surface area contributed by atoms with E-state index in [-0.39, 0.29) is 35.7 Å². The number of hydrogen-bond acceptors (Lipinski definition) is 22. The molecule has 0 saturated carbocycles. The largest absolute Gasteiger partial charge is 0.376 e. The molecule has 2 aromatic heterocycles. The van der Waals surface area contributed by atoms with E-state index in [4.69, 9.17) is 0 Å². The highest BCUT2D eigenvalue weighted by atomic mass is 16.3. The summed E-state index contributed by atoms with van der Waals surface area (Å²) in [4.78, 5) is 29.9. The first kappa shape index (κ1) is 31.6. The smallest absolute Gasteiger partial charge is 0.235 e. The van der Waals surface area contributed by atoms with Crippen LogP contribution < -0.4 is 29.4 Å². The van der Waals surface area contributed by atoms with E-state index in [1.807, 2.05) is 0 Å². The highest BCUT2D eigenvalue weighted by molar-refractivity contribution is 5.49. The number of aromatic nitrogens is 6. The second-order valence-corrected chi connectivity index (χ2v) is 7.27. The summed E-state index contributed by atoms with van der Waals surface area (Å²) < 4.78 is 0. The minimum absolute atomic E-state index is 0.298. The molecule has 39 heavy (non-hydrogen) atoms. The molecule has 220 valence electrons. The van der Waals surface area contributed by atoms with E-state index >= 15 is 0 Å². The standard InChI is InChI=1S/C17H32N12O10/c30-2-24(12-18-14(26(4-32)5-33)22-15(19-12)27(6-34)7-35)1-25(3-31)13-20-16(28(8-36)9-37)23-17(21-13)29(10-38)11-39/h30-39H,1-11H2. The molecule has 0 atom stereocenters. The average molecular weight is 565 g/mol. The lowest BCUT2D eigenvalue weighted by Crippen LogP contribution is -2.42. The summed E-state index contributed by atoms with van der Waals surface area (Å²) in [6.45, 7) is -7.86. The lowest BCUT2D eigenvalue weighted by atomic mass is 10.6. The van der Waals surface area contributed by atoms with Crippen LogP contribution in [0.1, 0.15) is 0 Å². The molecular formula is C17H32N12O10. The van der Waals surface area contributed by atoms with Crippen LogP contribution in [-0.2, 0) is 0 Å². The molecule has 0 bridgehead atoms. The van der Waals surface area contributed by atoms with Gasteiger partial charge in [-0.25, -0.2) is 0 Å². The molecule has 0 spiro atoms. The van der Waals surface area contributed by atoms with Gasteiger partial charge >= 0.3 is 0 Å². The lowest BCUT2D eigenvalue weighted by Gasteiger charge is -2.30. The fourth-order valence-corrected chi connectivity index (χ4v) is 2.77. The zero-order valence-electron chi connectivity index (χ0n) is 20.6. The zero-order chi connectivity index (χ0) is 28.9. The second-order valence-electron chi connectivity index (χ2n) is 7.27. The Morgan fingerprint density at radius 3 is 0.590 bits per heavy atom. The first-order valence-electron chi connectivity index (χ1n) is 11.0. The number of aliphatic hydroxyl groups excluding tert-OH is 10. The Kier molecular flexibility index (Phi) is 12.8. The van der Waals surface area contributed by atoms with Gasteiger partial charge in [0.2, 0.25) is 35.7 Å². The van der Waals surface area contributed by atoms with Gasteiger partial charge in [-0.2, -0.15) is 29.9 Å². The summed E-state index contributed by atoms with van der Waals surface area (Å²) in [5.41, 5.74) is 0. The number of anilines is 6. The third kappa shape index (κ3) is 7.73. The van der Waals surface area contributed by atoms with Gasteiger partial charge in [-0.05, 0) is 0 Å². The first-order chi connectivity index (χ1) is 18.9. The van der Waals surface area contributed by atoms with Crippen LogP contribution in [0.3, 0.4) is 0 Å². The number of hydrogen-bond donors (Lipinski definition) is 10. The van der Waals surface area contributed by atoms with Crippen molar-refractivity contribution in [2.75, 3.05) is 103 Å². The molecule has 0 fully saturated rings. The first-order valence-corrected chi connectivity index (χ1v) is 11.0. The van der Waals surface area contributed by atoms with E-state index in [1.165, 1.54) is 0 Å². The van der Waals surface area contributed by atoms with E-state index in [1.54, 1.807) is 0 Å². The van der Waals surface area contributed by atoms with Crippen molar-refractivity contribution in [3.05, 3.63) is 0 Å². The number of aliphatic hydroxyl groups is 10. The molecule has 0 aliphatic rings. The van der Waals surface area contributed by atoms with Gasteiger partial charge < -0.3 is 51.1 Å². The lowest BCUT2D eigenvalue weighted by molar-refractivity contribution is 0.216. The van der Waals surface area contributed by atoms with E-state index in [9.17, 15) is 51.1 Å². The van der Waals surface area contributed by atoms with Crippen molar-refractivity contribution in [2.45, 2.75) is 0 Å². The molecule has 0 aromatic carbocycles. The van der Waals surface area contributed by atoms with Crippen molar-refractivity contribution < 1.29 is 51.1 Å². The number of nitrogens with zero attached hydrogens (tertiary/aromatic N) is 12. The van der Waals surface area contributed by atoms with Crippen LogP contribution in [0.5, 0.6) is 0 Å². The quantitative estimate of drug-likeness (QED) is 0.0752. The van der Waals surface area contributed by atoms with Gasteiger partial charge in [0, 0.05) is 0 Å². The van der Waals surface area contributed by atoms with Gasteiger partial charge in [0.25, 0.3) is 0 Å². The second kappa shape index (κ2) is 15.7. The summed E-state index contributed by atoms with van der Waals surface area (Å²) in [6.07, 6.45) is 0. The Hall–Kier alpha value is -3.58. The zero-order valence-corrected chi connectivity index (χ0v) is 20.6. The molecule has 0 aliphatic heterocycles. The molecule has 2 rings (SSSR count). The van der Waals surface area contributed by atoms with Gasteiger partial charge in [-0.1, -0.05) is 0 Å². The Morgan fingerprint density at radius 2 is 0.436 bits per heavy atom. The van der Waals surface area contributed by atoms with Gasteiger partial charge in [-0.3, -0.25) is 29.4 Å². The predicted octanol–water partition coefficient (Wildman–Crippen LogP) is -6.95. The number of rotatable bonds is 18. The SMILES string of the molecule is OCN(CO)c1nc(N(CO)CO)nc(N(CO)CN(CO)c2nc(N(CO)CO)nc(N(CO)CO)n2)n1. The van der Waals surface area contributed by atoms with Crippen molar-refractivity contribution in [1.29, 1.82) is 0 Å². The van der Waals surface area contributed by atoms with Gasteiger partial charge in [-0.15, -0.1) is 0 Å². The van der Waals surface area contributed by atoms with Crippen molar-refractivity contribution in [3.63, 3.8) is 0 Å². The summed E-state index contributed by atoms with van der Waals surface area (Å²) >= 11 is 0. The van der Waals surface area contributed by atoms with Crippen LogP contribution in [-0.4, -0.2) is 155 Å². The molecule has 0 aliphatic carbocycles. The highest BCUT2D eigenvalue weighted by Gasteiger charge is 2.24. The van der Waals surface area contributed by atoms with E-state index in [2.05, 4.69) is 29.9 Å². The molecule has 0 radical (unpaired) electrons. The van der Waals surface area contributed by atoms with Crippen molar-refractivity contribution >= 4 is 35.7 Å². The fraction of sp³-hybridized carbons (Fsp3) is 0.647. The normalized spacial score (nSPS) is 10.9. The van der Waals surface area contributed by atoms with Crippen LogP contribution in [0.4, 0.5) is 35.7 Å². The Balaban J connectivity index is 2.57. The molecule has 0 saturated heterocycles. The molecule has 22 heteroatoms. The monoisotopic (exact) mass is 564 g/mol. The maximum atomic E-state index is 10.1. The third-order valence-corrected chi connectivity index (χ3v) is 4.95. The van der Waals surface area contributed by atoms with Crippen LogP contribution >= 0.6 is 0 Å². The van der Waals surface area contributed by atoms with Gasteiger partial charge in [0.05, 0.1) is 0 Å². The van der Waals surface area contributed by atoms with E-state index in [0.717, 1.165) is 29.4 Å².